The van der Waals surface area contributed by atoms with Crippen molar-refractivity contribution in [3.05, 3.63) is 68.4 Å². The van der Waals surface area contributed by atoms with Crippen LogP contribution in [-0.4, -0.2) is 15.5 Å². The number of aliphatic imine (C=N–C) groups is 1. The van der Waals surface area contributed by atoms with E-state index in [4.69, 9.17) is 0 Å². The van der Waals surface area contributed by atoms with Crippen LogP contribution in [0.3, 0.4) is 0 Å². The van der Waals surface area contributed by atoms with Gasteiger partial charge in [0, 0.05) is 14.1 Å². The zero-order valence-electron chi connectivity index (χ0n) is 12.4. The van der Waals surface area contributed by atoms with Crippen molar-refractivity contribution >= 4 is 18.2 Å². The third kappa shape index (κ3) is 2.28. The lowest BCUT2D eigenvalue weighted by Gasteiger charge is -2.21. The number of hydrogen-bond acceptors (Lipinski definition) is 4. The smallest absolute Gasteiger partial charge is 0.332 e. The minimum Gasteiger partial charge on any atom is -0.332 e. The number of benzene rings is 1. The lowest BCUT2D eigenvalue weighted by molar-refractivity contribution is 0.664. The van der Waals surface area contributed by atoms with Gasteiger partial charge in [0.25, 0.3) is 5.56 Å². The van der Waals surface area contributed by atoms with Gasteiger partial charge >= 0.3 is 5.69 Å². The standard InChI is InChI=1S/C16H16N4O2/c1-19-14-13(15(21)20(2)16(19)22)12(17-10-18-14)9-8-11-6-4-3-5-7-11/h3-10,12H,1-2H3,(H,17,18)/b9-8+. The molecule has 1 unspecified atom stereocenters. The first-order valence-electron chi connectivity index (χ1n) is 6.91. The SMILES string of the molecule is Cn1c2c(c(=O)n(C)c1=O)C(/C=C/c1ccccc1)N=CN2. The van der Waals surface area contributed by atoms with E-state index >= 15 is 0 Å². The zero-order valence-corrected chi connectivity index (χ0v) is 12.4. The van der Waals surface area contributed by atoms with Gasteiger partial charge in [0.05, 0.1) is 11.9 Å². The van der Waals surface area contributed by atoms with Crippen molar-refractivity contribution < 1.29 is 0 Å². The van der Waals surface area contributed by atoms with Gasteiger partial charge < -0.3 is 5.32 Å². The highest BCUT2D eigenvalue weighted by molar-refractivity contribution is 5.79. The molecule has 1 aromatic carbocycles. The largest absolute Gasteiger partial charge is 0.332 e. The summed E-state index contributed by atoms with van der Waals surface area (Å²) >= 11 is 0. The van der Waals surface area contributed by atoms with Crippen LogP contribution in [0.5, 0.6) is 0 Å². The minimum absolute atomic E-state index is 0.329. The molecule has 0 radical (unpaired) electrons. The van der Waals surface area contributed by atoms with Crippen LogP contribution >= 0.6 is 0 Å². The normalized spacial score (nSPS) is 16.5. The second kappa shape index (κ2) is 5.48. The molecule has 2 aromatic rings. The maximum atomic E-state index is 12.4. The van der Waals surface area contributed by atoms with Crippen LogP contribution in [-0.2, 0) is 14.1 Å². The highest BCUT2D eigenvalue weighted by Gasteiger charge is 2.23. The second-order valence-electron chi connectivity index (χ2n) is 5.11. The second-order valence-corrected chi connectivity index (χ2v) is 5.11. The summed E-state index contributed by atoms with van der Waals surface area (Å²) < 4.78 is 2.52. The first-order valence-corrected chi connectivity index (χ1v) is 6.91. The molecule has 1 aromatic heterocycles. The number of aromatic nitrogens is 2. The van der Waals surface area contributed by atoms with E-state index in [1.54, 1.807) is 7.05 Å². The molecular formula is C16H16N4O2. The summed E-state index contributed by atoms with van der Waals surface area (Å²) in [7, 11) is 3.10. The summed E-state index contributed by atoms with van der Waals surface area (Å²) in [5.74, 6) is 0.491. The fraction of sp³-hybridized carbons (Fsp3) is 0.188. The predicted octanol–water partition coefficient (Wildman–Crippen LogP) is 1.29. The van der Waals surface area contributed by atoms with E-state index in [1.165, 1.54) is 18.0 Å². The van der Waals surface area contributed by atoms with Crippen molar-refractivity contribution in [2.45, 2.75) is 6.04 Å². The van der Waals surface area contributed by atoms with E-state index in [2.05, 4.69) is 10.3 Å². The molecule has 6 heteroatoms. The van der Waals surface area contributed by atoms with Gasteiger partial charge in [0.2, 0.25) is 0 Å². The zero-order chi connectivity index (χ0) is 15.7. The Kier molecular flexibility index (Phi) is 3.50. The van der Waals surface area contributed by atoms with Gasteiger partial charge in [0.15, 0.2) is 0 Å². The molecular weight excluding hydrogens is 280 g/mol. The van der Waals surface area contributed by atoms with Crippen LogP contribution in [0.4, 0.5) is 5.82 Å². The van der Waals surface area contributed by atoms with E-state index in [0.717, 1.165) is 10.1 Å². The molecule has 0 aliphatic carbocycles. The van der Waals surface area contributed by atoms with Gasteiger partial charge in [-0.25, -0.2) is 4.79 Å². The van der Waals surface area contributed by atoms with E-state index in [9.17, 15) is 9.59 Å². The summed E-state index contributed by atoms with van der Waals surface area (Å²) in [6.45, 7) is 0. The third-order valence-corrected chi connectivity index (χ3v) is 3.70. The Labute approximate surface area is 127 Å². The molecule has 6 nitrogen and oxygen atoms in total. The van der Waals surface area contributed by atoms with E-state index in [-0.39, 0.29) is 11.2 Å². The lowest BCUT2D eigenvalue weighted by Crippen LogP contribution is -2.41. The number of anilines is 1. The van der Waals surface area contributed by atoms with Crippen molar-refractivity contribution in [3.8, 4) is 0 Å². The van der Waals surface area contributed by atoms with Gasteiger partial charge in [0.1, 0.15) is 11.9 Å². The topological polar surface area (TPSA) is 68.4 Å². The van der Waals surface area contributed by atoms with Gasteiger partial charge in [-0.2, -0.15) is 0 Å². The molecule has 0 spiro atoms. The third-order valence-electron chi connectivity index (χ3n) is 3.70. The molecule has 0 saturated carbocycles. The molecule has 22 heavy (non-hydrogen) atoms. The first-order chi connectivity index (χ1) is 10.6. The first kappa shape index (κ1) is 14.1. The predicted molar refractivity (Wildman–Crippen MR) is 87.3 cm³/mol. The van der Waals surface area contributed by atoms with Gasteiger partial charge in [-0.05, 0) is 5.56 Å². The Balaban J connectivity index is 2.09. The molecule has 3 rings (SSSR count). The Bertz CT molecular complexity index is 875. The molecule has 1 aliphatic rings. The maximum Gasteiger partial charge on any atom is 0.332 e. The number of hydrogen-bond donors (Lipinski definition) is 1. The average Bonchev–Trinajstić information content (AvgIpc) is 2.56. The molecule has 0 amide bonds. The van der Waals surface area contributed by atoms with Crippen molar-refractivity contribution in [2.75, 3.05) is 5.32 Å². The average molecular weight is 296 g/mol. The van der Waals surface area contributed by atoms with Gasteiger partial charge in [-0.15, -0.1) is 0 Å². The fourth-order valence-electron chi connectivity index (χ4n) is 2.48. The van der Waals surface area contributed by atoms with Crippen LogP contribution < -0.4 is 16.6 Å². The summed E-state index contributed by atoms with van der Waals surface area (Å²) in [5, 5.41) is 2.89. The fourth-order valence-corrected chi connectivity index (χ4v) is 2.48. The number of fused-ring (bicyclic) bond motifs is 1. The summed E-state index contributed by atoms with van der Waals surface area (Å²) in [4.78, 5) is 28.7. The van der Waals surface area contributed by atoms with Crippen LogP contribution in [0, 0.1) is 0 Å². The molecule has 0 bridgehead atoms. The van der Waals surface area contributed by atoms with E-state index < -0.39 is 6.04 Å². The molecule has 1 N–H and O–H groups in total. The van der Waals surface area contributed by atoms with Crippen LogP contribution in [0.25, 0.3) is 6.08 Å². The summed E-state index contributed by atoms with van der Waals surface area (Å²) in [5.41, 5.74) is 0.807. The summed E-state index contributed by atoms with van der Waals surface area (Å²) in [6, 6.07) is 9.37. The number of nitrogens with one attached hydrogen (secondary N) is 1. The number of nitrogens with zero attached hydrogens (tertiary/aromatic N) is 3. The molecule has 1 atom stereocenters. The van der Waals surface area contributed by atoms with E-state index in [1.807, 2.05) is 42.5 Å². The molecule has 2 heterocycles. The molecule has 0 saturated heterocycles. The van der Waals surface area contributed by atoms with Crippen molar-refractivity contribution in [1.29, 1.82) is 0 Å². The van der Waals surface area contributed by atoms with E-state index in [0.29, 0.717) is 11.4 Å². The lowest BCUT2D eigenvalue weighted by atomic mass is 10.1. The van der Waals surface area contributed by atoms with Gasteiger partial charge in [-0.1, -0.05) is 42.5 Å². The maximum absolute atomic E-state index is 12.4. The van der Waals surface area contributed by atoms with Crippen molar-refractivity contribution in [2.24, 2.45) is 19.1 Å². The Morgan fingerprint density at radius 3 is 2.59 bits per heavy atom. The van der Waals surface area contributed by atoms with Gasteiger partial charge in [-0.3, -0.25) is 18.9 Å². The Hall–Kier alpha value is -2.89. The quantitative estimate of drug-likeness (QED) is 0.908. The molecule has 0 fully saturated rings. The van der Waals surface area contributed by atoms with Crippen molar-refractivity contribution in [1.82, 2.24) is 9.13 Å². The monoisotopic (exact) mass is 296 g/mol. The molecule has 1 aliphatic heterocycles. The van der Waals surface area contributed by atoms with Crippen LogP contribution in [0.15, 0.2) is 51.0 Å². The van der Waals surface area contributed by atoms with Crippen LogP contribution in [0.2, 0.25) is 0 Å². The number of rotatable bonds is 2. The highest BCUT2D eigenvalue weighted by Crippen LogP contribution is 2.25. The minimum atomic E-state index is -0.415. The molecule has 112 valence electrons. The summed E-state index contributed by atoms with van der Waals surface area (Å²) in [6.07, 6.45) is 5.29. The highest BCUT2D eigenvalue weighted by atomic mass is 16.2. The Morgan fingerprint density at radius 2 is 1.86 bits per heavy atom. The van der Waals surface area contributed by atoms with Crippen molar-refractivity contribution in [3.63, 3.8) is 0 Å². The van der Waals surface area contributed by atoms with Crippen LogP contribution in [0.1, 0.15) is 17.2 Å². The Morgan fingerprint density at radius 1 is 1.14 bits per heavy atom.